The maximum atomic E-state index is 14.9. The Kier molecular flexibility index (Phi) is 8.17. The molecule has 3 heterocycles. The van der Waals surface area contributed by atoms with E-state index < -0.39 is 23.4 Å². The molecule has 0 aliphatic carbocycles. The molecule has 0 spiro atoms. The van der Waals surface area contributed by atoms with E-state index in [4.69, 9.17) is 4.98 Å². The Balaban J connectivity index is 1.63. The van der Waals surface area contributed by atoms with Crippen LogP contribution in [0.3, 0.4) is 0 Å². The van der Waals surface area contributed by atoms with Crippen LogP contribution in [-0.4, -0.2) is 59.0 Å². The molecule has 3 amide bonds. The number of nitrogens with zero attached hydrogens (tertiary/aromatic N) is 5. The summed E-state index contributed by atoms with van der Waals surface area (Å²) in [5.41, 5.74) is 2.11. The highest BCUT2D eigenvalue weighted by Gasteiger charge is 2.34. The third kappa shape index (κ3) is 6.00. The Morgan fingerprint density at radius 2 is 1.95 bits per heavy atom. The number of anilines is 4. The van der Waals surface area contributed by atoms with Crippen molar-refractivity contribution in [2.45, 2.75) is 19.9 Å². The summed E-state index contributed by atoms with van der Waals surface area (Å²) < 4.78 is 29.9. The Hall–Kier alpha value is -4.49. The number of aryl methyl sites for hydroxylation is 1. The van der Waals surface area contributed by atoms with E-state index in [1.165, 1.54) is 17.4 Å². The smallest absolute Gasteiger partial charge is 0.328 e. The molecule has 0 bridgehead atoms. The molecule has 0 fully saturated rings. The predicted molar refractivity (Wildman–Crippen MR) is 155 cm³/mol. The maximum Gasteiger partial charge on any atom is 0.328 e. The molecular formula is C28H28F2N8O2S. The summed E-state index contributed by atoms with van der Waals surface area (Å²) in [6, 6.07) is 7.85. The van der Waals surface area contributed by atoms with Gasteiger partial charge in [0, 0.05) is 34.8 Å². The Morgan fingerprint density at radius 3 is 2.66 bits per heavy atom. The number of urea groups is 1. The number of benzene rings is 2. The van der Waals surface area contributed by atoms with Crippen LogP contribution in [-0.2, 0) is 6.54 Å². The first kappa shape index (κ1) is 28.1. The van der Waals surface area contributed by atoms with Crippen molar-refractivity contribution >= 4 is 45.9 Å². The van der Waals surface area contributed by atoms with Crippen LogP contribution in [0.4, 0.5) is 36.2 Å². The number of halogens is 2. The van der Waals surface area contributed by atoms with Crippen molar-refractivity contribution in [3.8, 4) is 11.3 Å². The normalized spacial score (nSPS) is 12.7. The lowest BCUT2D eigenvalue weighted by Crippen LogP contribution is -2.43. The van der Waals surface area contributed by atoms with Gasteiger partial charge in [-0.3, -0.25) is 10.1 Å². The van der Waals surface area contributed by atoms with Gasteiger partial charge >= 0.3 is 6.03 Å². The van der Waals surface area contributed by atoms with Gasteiger partial charge in [0.2, 0.25) is 5.95 Å². The number of nitrogens with one attached hydrogen (secondary N) is 3. The zero-order valence-corrected chi connectivity index (χ0v) is 23.5. The lowest BCUT2D eigenvalue weighted by Gasteiger charge is -2.31. The lowest BCUT2D eigenvalue weighted by molar-refractivity contribution is 0.102. The molecule has 13 heteroatoms. The first-order valence-corrected chi connectivity index (χ1v) is 13.7. The van der Waals surface area contributed by atoms with Crippen LogP contribution in [0.15, 0.2) is 48.0 Å². The Morgan fingerprint density at radius 1 is 1.17 bits per heavy atom. The molecule has 3 N–H and O–H groups in total. The van der Waals surface area contributed by atoms with Crippen LogP contribution in [0.2, 0.25) is 0 Å². The van der Waals surface area contributed by atoms with Crippen molar-refractivity contribution in [2.24, 2.45) is 0 Å². The Labute approximate surface area is 239 Å². The van der Waals surface area contributed by atoms with E-state index in [1.807, 2.05) is 25.9 Å². The Bertz CT molecular complexity index is 1580. The zero-order valence-electron chi connectivity index (χ0n) is 22.7. The SMILES string of the molecule is Cc1ccc(C(=O)Nc2nccs2)cc1-c1nc(NCCCN(C)C)nc2c1CNC(=O)N2c1c(F)cccc1F. The van der Waals surface area contributed by atoms with Gasteiger partial charge < -0.3 is 15.5 Å². The quantitative estimate of drug-likeness (QED) is 0.235. The zero-order chi connectivity index (χ0) is 29.1. The highest BCUT2D eigenvalue weighted by atomic mass is 32.1. The molecule has 5 rings (SSSR count). The lowest BCUT2D eigenvalue weighted by atomic mass is 9.97. The molecule has 10 nitrogen and oxygen atoms in total. The molecular weight excluding hydrogens is 550 g/mol. The van der Waals surface area contributed by atoms with E-state index in [0.29, 0.717) is 34.1 Å². The molecule has 0 saturated carbocycles. The number of fused-ring (bicyclic) bond motifs is 1. The van der Waals surface area contributed by atoms with Crippen molar-refractivity contribution in [2.75, 3.05) is 42.7 Å². The molecule has 2 aromatic carbocycles. The van der Waals surface area contributed by atoms with Crippen molar-refractivity contribution in [3.63, 3.8) is 0 Å². The van der Waals surface area contributed by atoms with Crippen molar-refractivity contribution in [1.82, 2.24) is 25.2 Å². The molecule has 0 atom stereocenters. The number of hydrogen-bond donors (Lipinski definition) is 3. The third-order valence-electron chi connectivity index (χ3n) is 6.45. The molecule has 1 aliphatic rings. The molecule has 41 heavy (non-hydrogen) atoms. The largest absolute Gasteiger partial charge is 0.354 e. The summed E-state index contributed by atoms with van der Waals surface area (Å²) in [5, 5.41) is 10.9. The number of amides is 3. The van der Waals surface area contributed by atoms with Gasteiger partial charge in [0.1, 0.15) is 17.3 Å². The summed E-state index contributed by atoms with van der Waals surface area (Å²) >= 11 is 1.30. The van der Waals surface area contributed by atoms with E-state index in [0.717, 1.165) is 35.6 Å². The number of aromatic nitrogens is 3. The van der Waals surface area contributed by atoms with E-state index >= 15 is 0 Å². The van der Waals surface area contributed by atoms with Gasteiger partial charge in [-0.1, -0.05) is 12.1 Å². The molecule has 0 saturated heterocycles. The number of para-hydroxylation sites is 1. The van der Waals surface area contributed by atoms with Crippen LogP contribution >= 0.6 is 11.3 Å². The minimum atomic E-state index is -0.911. The maximum absolute atomic E-state index is 14.9. The van der Waals surface area contributed by atoms with Crippen molar-refractivity contribution in [1.29, 1.82) is 0 Å². The molecule has 4 aromatic rings. The summed E-state index contributed by atoms with van der Waals surface area (Å²) in [6.07, 6.45) is 2.37. The number of carbonyl (C=O) groups excluding carboxylic acids is 2. The average Bonchev–Trinajstić information content (AvgIpc) is 3.45. The number of carbonyl (C=O) groups is 2. The van der Waals surface area contributed by atoms with Gasteiger partial charge in [0.25, 0.3) is 5.91 Å². The molecule has 1 aliphatic heterocycles. The first-order chi connectivity index (χ1) is 19.7. The fourth-order valence-electron chi connectivity index (χ4n) is 4.44. The van der Waals surface area contributed by atoms with Crippen LogP contribution in [0.1, 0.15) is 27.9 Å². The van der Waals surface area contributed by atoms with E-state index in [-0.39, 0.29) is 24.2 Å². The topological polar surface area (TPSA) is 115 Å². The fourth-order valence-corrected chi connectivity index (χ4v) is 4.96. The van der Waals surface area contributed by atoms with E-state index in [2.05, 4.69) is 25.9 Å². The van der Waals surface area contributed by atoms with Gasteiger partial charge in [0.15, 0.2) is 10.9 Å². The summed E-state index contributed by atoms with van der Waals surface area (Å²) in [4.78, 5) is 42.4. The molecule has 212 valence electrons. The first-order valence-electron chi connectivity index (χ1n) is 12.9. The minimum Gasteiger partial charge on any atom is -0.354 e. The van der Waals surface area contributed by atoms with Crippen LogP contribution in [0, 0.1) is 18.6 Å². The highest BCUT2D eigenvalue weighted by Crippen LogP contribution is 2.39. The average molecular weight is 579 g/mol. The number of hydrogen-bond acceptors (Lipinski definition) is 8. The van der Waals surface area contributed by atoms with E-state index in [9.17, 15) is 18.4 Å². The van der Waals surface area contributed by atoms with Crippen molar-refractivity contribution < 1.29 is 18.4 Å². The van der Waals surface area contributed by atoms with Crippen LogP contribution in [0.25, 0.3) is 11.3 Å². The third-order valence-corrected chi connectivity index (χ3v) is 7.14. The summed E-state index contributed by atoms with van der Waals surface area (Å²) in [6.45, 7) is 3.22. The minimum absolute atomic E-state index is 0.0198. The van der Waals surface area contributed by atoms with Gasteiger partial charge in [-0.05, 0) is 63.8 Å². The standard InChI is InChI=1S/C28H28F2N8O2S/c1-16-8-9-17(25(39)36-27-32-11-13-41-27)14-18(16)22-19-15-33-28(40)38(23-20(29)6-4-7-21(23)30)24(19)35-26(34-22)31-10-5-12-37(2)3/h4,6-9,11,13-14H,5,10,12,15H2,1-3H3,(H,33,40)(H,31,34,35)(H,32,36,39). The van der Waals surface area contributed by atoms with Gasteiger partial charge in [-0.2, -0.15) is 4.98 Å². The number of thiazole rings is 1. The highest BCUT2D eigenvalue weighted by molar-refractivity contribution is 7.13. The predicted octanol–water partition coefficient (Wildman–Crippen LogP) is 5.16. The molecule has 0 unspecified atom stereocenters. The van der Waals surface area contributed by atoms with Gasteiger partial charge in [-0.25, -0.2) is 28.4 Å². The summed E-state index contributed by atoms with van der Waals surface area (Å²) in [7, 11) is 3.93. The molecule has 2 aromatic heterocycles. The van der Waals surface area contributed by atoms with E-state index in [1.54, 1.807) is 29.8 Å². The van der Waals surface area contributed by atoms with Crippen LogP contribution < -0.4 is 20.9 Å². The summed E-state index contributed by atoms with van der Waals surface area (Å²) in [5.74, 6) is -1.94. The molecule has 0 radical (unpaired) electrons. The second kappa shape index (κ2) is 11.9. The van der Waals surface area contributed by atoms with Crippen LogP contribution in [0.5, 0.6) is 0 Å². The number of rotatable bonds is 9. The van der Waals surface area contributed by atoms with Gasteiger partial charge in [-0.15, -0.1) is 11.3 Å². The second-order valence-corrected chi connectivity index (χ2v) is 10.6. The van der Waals surface area contributed by atoms with Crippen molar-refractivity contribution in [3.05, 3.63) is 76.3 Å². The fraction of sp³-hybridized carbons (Fsp3) is 0.250. The second-order valence-electron chi connectivity index (χ2n) is 9.67. The van der Waals surface area contributed by atoms with Gasteiger partial charge in [0.05, 0.1) is 12.2 Å². The monoisotopic (exact) mass is 578 g/mol.